The minimum Gasteiger partial charge on any atom is -0.322 e. The van der Waals surface area contributed by atoms with Crippen LogP contribution in [0.4, 0.5) is 11.6 Å². The standard InChI is InChI=1S/C22H18ClN5O4S2/c1-13-7-9-14(10-8-13)24-20(29)16-11-19(18(33)12-17(16)23)34(31,32)27-21-25-26-22(30)28(21)15-5-3-2-4-6-15/h2-12,33H,1H3,(H,24,29)(H,25,27)(H,26,30). The number of H-pyrrole nitrogens is 1. The van der Waals surface area contributed by atoms with Crippen LogP contribution in [-0.2, 0) is 10.0 Å². The number of hydrogen-bond donors (Lipinski definition) is 4. The molecule has 4 aromatic rings. The fourth-order valence-corrected chi connectivity index (χ4v) is 5.10. The molecule has 0 aliphatic carbocycles. The molecule has 4 rings (SSSR count). The fourth-order valence-electron chi connectivity index (χ4n) is 3.12. The maximum Gasteiger partial charge on any atom is 0.349 e. The summed E-state index contributed by atoms with van der Waals surface area (Å²) in [5.74, 6) is -0.857. The molecule has 0 spiro atoms. The van der Waals surface area contributed by atoms with E-state index in [2.05, 4.69) is 32.9 Å². The number of amides is 1. The van der Waals surface area contributed by atoms with Gasteiger partial charge in [-0.3, -0.25) is 4.79 Å². The Labute approximate surface area is 205 Å². The summed E-state index contributed by atoms with van der Waals surface area (Å²) < 4.78 is 29.7. The Balaban J connectivity index is 1.69. The lowest BCUT2D eigenvalue weighted by Crippen LogP contribution is -2.21. The predicted octanol–water partition coefficient (Wildman–Crippen LogP) is 3.86. The summed E-state index contributed by atoms with van der Waals surface area (Å²) in [6, 6.07) is 17.8. The molecule has 12 heteroatoms. The van der Waals surface area contributed by atoms with Gasteiger partial charge in [-0.15, -0.1) is 17.7 Å². The van der Waals surface area contributed by atoms with E-state index in [-0.39, 0.29) is 26.3 Å². The second-order valence-corrected chi connectivity index (χ2v) is 9.79. The van der Waals surface area contributed by atoms with E-state index in [0.717, 1.165) is 16.2 Å². The number of thiol groups is 1. The first-order valence-corrected chi connectivity index (χ1v) is 12.1. The molecule has 3 N–H and O–H groups in total. The zero-order valence-corrected chi connectivity index (χ0v) is 20.1. The Hall–Kier alpha value is -3.54. The number of aromatic nitrogens is 3. The second-order valence-electron chi connectivity index (χ2n) is 7.25. The van der Waals surface area contributed by atoms with Gasteiger partial charge < -0.3 is 5.32 Å². The lowest BCUT2D eigenvalue weighted by atomic mass is 10.2. The van der Waals surface area contributed by atoms with Gasteiger partial charge in [0.05, 0.1) is 16.3 Å². The Bertz CT molecular complexity index is 1530. The topological polar surface area (TPSA) is 126 Å². The van der Waals surface area contributed by atoms with Gasteiger partial charge in [-0.1, -0.05) is 47.5 Å². The van der Waals surface area contributed by atoms with Gasteiger partial charge in [0.1, 0.15) is 4.90 Å². The number of halogens is 1. The van der Waals surface area contributed by atoms with E-state index in [1.807, 2.05) is 19.1 Å². The number of aromatic amines is 1. The van der Waals surface area contributed by atoms with Crippen molar-refractivity contribution in [2.75, 3.05) is 10.0 Å². The van der Waals surface area contributed by atoms with Gasteiger partial charge in [0, 0.05) is 10.6 Å². The van der Waals surface area contributed by atoms with Gasteiger partial charge in [0.25, 0.3) is 15.9 Å². The third kappa shape index (κ3) is 4.86. The zero-order valence-electron chi connectivity index (χ0n) is 17.6. The van der Waals surface area contributed by atoms with Crippen molar-refractivity contribution in [1.29, 1.82) is 0 Å². The summed E-state index contributed by atoms with van der Waals surface area (Å²) in [6.45, 7) is 1.91. The largest absolute Gasteiger partial charge is 0.349 e. The van der Waals surface area contributed by atoms with Crippen LogP contribution in [0.1, 0.15) is 15.9 Å². The zero-order chi connectivity index (χ0) is 24.5. The number of hydrogen-bond acceptors (Lipinski definition) is 6. The van der Waals surface area contributed by atoms with Crippen molar-refractivity contribution >= 4 is 51.8 Å². The number of benzene rings is 3. The van der Waals surface area contributed by atoms with Crippen molar-refractivity contribution in [3.8, 4) is 5.69 Å². The van der Waals surface area contributed by atoms with Crippen molar-refractivity contribution in [3.63, 3.8) is 0 Å². The van der Waals surface area contributed by atoms with Crippen LogP contribution >= 0.6 is 24.2 Å². The molecular weight excluding hydrogens is 498 g/mol. The Kier molecular flexibility index (Phi) is 6.51. The smallest absolute Gasteiger partial charge is 0.322 e. The molecule has 0 saturated heterocycles. The number of rotatable bonds is 6. The van der Waals surface area contributed by atoms with Crippen molar-refractivity contribution in [3.05, 3.63) is 93.4 Å². The number of carbonyl (C=O) groups is 1. The first kappa shape index (κ1) is 23.6. The first-order chi connectivity index (χ1) is 16.2. The molecule has 0 aliphatic heterocycles. The summed E-state index contributed by atoms with van der Waals surface area (Å²) in [5.41, 5.74) is 1.24. The number of anilines is 2. The van der Waals surface area contributed by atoms with E-state index in [0.29, 0.717) is 11.4 Å². The van der Waals surface area contributed by atoms with Gasteiger partial charge in [-0.25, -0.2) is 27.6 Å². The normalized spacial score (nSPS) is 11.3. The van der Waals surface area contributed by atoms with Crippen LogP contribution in [-0.4, -0.2) is 29.1 Å². The molecule has 34 heavy (non-hydrogen) atoms. The number of sulfonamides is 1. The molecule has 1 amide bonds. The summed E-state index contributed by atoms with van der Waals surface area (Å²) in [5, 5.41) is 8.70. The average Bonchev–Trinajstić information content (AvgIpc) is 3.14. The van der Waals surface area contributed by atoms with Crippen molar-refractivity contribution in [2.45, 2.75) is 16.7 Å². The van der Waals surface area contributed by atoms with Crippen LogP contribution in [0.3, 0.4) is 0 Å². The molecule has 0 aliphatic rings. The van der Waals surface area contributed by atoms with Gasteiger partial charge in [0.2, 0.25) is 5.95 Å². The number of carbonyl (C=O) groups excluding carboxylic acids is 1. The van der Waals surface area contributed by atoms with Crippen LogP contribution < -0.4 is 15.7 Å². The molecular formula is C22H18ClN5O4S2. The summed E-state index contributed by atoms with van der Waals surface area (Å²) >= 11 is 10.4. The molecule has 0 saturated carbocycles. The highest BCUT2D eigenvalue weighted by Gasteiger charge is 2.25. The number of nitrogens with zero attached hydrogens (tertiary/aromatic N) is 2. The summed E-state index contributed by atoms with van der Waals surface area (Å²) in [4.78, 5) is 24.7. The van der Waals surface area contributed by atoms with E-state index in [1.54, 1.807) is 42.5 Å². The molecule has 174 valence electrons. The lowest BCUT2D eigenvalue weighted by Gasteiger charge is -2.13. The minimum absolute atomic E-state index is 0.00790. The molecule has 0 radical (unpaired) electrons. The number of nitrogens with one attached hydrogen (secondary N) is 3. The summed E-state index contributed by atoms with van der Waals surface area (Å²) in [7, 11) is -4.32. The predicted molar refractivity (Wildman–Crippen MR) is 133 cm³/mol. The highest BCUT2D eigenvalue weighted by Crippen LogP contribution is 2.29. The van der Waals surface area contributed by atoms with E-state index >= 15 is 0 Å². The van der Waals surface area contributed by atoms with Gasteiger partial charge in [-0.05, 0) is 43.3 Å². The highest BCUT2D eigenvalue weighted by molar-refractivity contribution is 7.93. The molecule has 1 aromatic heterocycles. The molecule has 3 aromatic carbocycles. The van der Waals surface area contributed by atoms with Crippen LogP contribution in [0.5, 0.6) is 0 Å². The molecule has 0 atom stereocenters. The molecule has 0 fully saturated rings. The summed E-state index contributed by atoms with van der Waals surface area (Å²) in [6.07, 6.45) is 0. The number of aryl methyl sites for hydroxylation is 1. The van der Waals surface area contributed by atoms with Crippen molar-refractivity contribution in [2.24, 2.45) is 0 Å². The molecule has 0 bridgehead atoms. The Morgan fingerprint density at radius 2 is 1.76 bits per heavy atom. The molecule has 9 nitrogen and oxygen atoms in total. The first-order valence-electron chi connectivity index (χ1n) is 9.82. The second kappa shape index (κ2) is 9.37. The third-order valence-corrected chi connectivity index (χ3v) is 7.01. The Morgan fingerprint density at radius 1 is 1.09 bits per heavy atom. The SMILES string of the molecule is Cc1ccc(NC(=O)c2cc(S(=O)(=O)Nc3n[nH]c(=O)n3-c3ccccc3)c(S)cc2Cl)cc1. The van der Waals surface area contributed by atoms with E-state index in [1.165, 1.54) is 6.07 Å². The Morgan fingerprint density at radius 3 is 2.44 bits per heavy atom. The molecule has 1 heterocycles. The van der Waals surface area contributed by atoms with Crippen molar-refractivity contribution < 1.29 is 13.2 Å². The minimum atomic E-state index is -4.32. The maximum atomic E-state index is 13.2. The van der Waals surface area contributed by atoms with E-state index < -0.39 is 21.6 Å². The lowest BCUT2D eigenvalue weighted by molar-refractivity contribution is 0.102. The van der Waals surface area contributed by atoms with E-state index in [4.69, 9.17) is 11.6 Å². The molecule has 0 unspecified atom stereocenters. The van der Waals surface area contributed by atoms with Crippen LogP contribution in [0.15, 0.2) is 81.3 Å². The monoisotopic (exact) mass is 515 g/mol. The van der Waals surface area contributed by atoms with Gasteiger partial charge in [-0.2, -0.15) is 0 Å². The fraction of sp³-hybridized carbons (Fsp3) is 0.0455. The number of para-hydroxylation sites is 1. The highest BCUT2D eigenvalue weighted by atomic mass is 35.5. The van der Waals surface area contributed by atoms with Gasteiger partial charge in [0.15, 0.2) is 0 Å². The van der Waals surface area contributed by atoms with Crippen LogP contribution in [0.2, 0.25) is 5.02 Å². The van der Waals surface area contributed by atoms with Crippen LogP contribution in [0.25, 0.3) is 5.69 Å². The van der Waals surface area contributed by atoms with Crippen molar-refractivity contribution in [1.82, 2.24) is 14.8 Å². The maximum absolute atomic E-state index is 13.2. The quantitative estimate of drug-likeness (QED) is 0.290. The van der Waals surface area contributed by atoms with Crippen LogP contribution in [0, 0.1) is 6.92 Å². The van der Waals surface area contributed by atoms with E-state index in [9.17, 15) is 18.0 Å². The third-order valence-electron chi connectivity index (χ3n) is 4.80. The van der Waals surface area contributed by atoms with Gasteiger partial charge >= 0.3 is 5.69 Å². The average molecular weight is 516 g/mol.